The summed E-state index contributed by atoms with van der Waals surface area (Å²) in [7, 11) is 0. The van der Waals surface area contributed by atoms with E-state index in [1.54, 1.807) is 12.1 Å². The Balaban J connectivity index is 2.78. The molecule has 0 atom stereocenters. The van der Waals surface area contributed by atoms with Crippen molar-refractivity contribution in [2.24, 2.45) is 0 Å². The van der Waals surface area contributed by atoms with Crippen molar-refractivity contribution in [1.82, 2.24) is 0 Å². The van der Waals surface area contributed by atoms with Crippen molar-refractivity contribution >= 4 is 21.7 Å². The predicted molar refractivity (Wildman–Crippen MR) is 61.8 cm³/mol. The normalized spacial score (nSPS) is 10.0. The van der Waals surface area contributed by atoms with E-state index in [0.717, 1.165) is 0 Å². The van der Waals surface area contributed by atoms with E-state index in [1.807, 2.05) is 6.92 Å². The molecule has 1 aromatic rings. The van der Waals surface area contributed by atoms with E-state index in [2.05, 4.69) is 15.9 Å². The van der Waals surface area contributed by atoms with Crippen LogP contribution in [0.5, 0.6) is 11.5 Å². The van der Waals surface area contributed by atoms with Crippen LogP contribution in [0.1, 0.15) is 12.5 Å². The van der Waals surface area contributed by atoms with Crippen molar-refractivity contribution in [3.63, 3.8) is 0 Å². The zero-order chi connectivity index (χ0) is 11.3. The molecule has 0 saturated carbocycles. The second-order valence-electron chi connectivity index (χ2n) is 3.07. The van der Waals surface area contributed by atoms with Gasteiger partial charge in [-0.3, -0.25) is 4.79 Å². The first-order chi connectivity index (χ1) is 7.17. The number of carbonyl (C=O) groups is 1. The molecule has 0 aromatic heterocycles. The number of hydrogen-bond acceptors (Lipinski definition) is 3. The topological polar surface area (TPSA) is 46.5 Å². The molecule has 1 N–H and O–H groups in total. The summed E-state index contributed by atoms with van der Waals surface area (Å²) in [5.74, 6) is 0.759. The first-order valence-corrected chi connectivity index (χ1v) is 5.82. The van der Waals surface area contributed by atoms with Gasteiger partial charge in [0, 0.05) is 18.1 Å². The van der Waals surface area contributed by atoms with Crippen LogP contribution < -0.4 is 4.74 Å². The highest BCUT2D eigenvalue weighted by Crippen LogP contribution is 2.24. The summed E-state index contributed by atoms with van der Waals surface area (Å²) < 4.78 is 5.22. The van der Waals surface area contributed by atoms with Gasteiger partial charge in [-0.2, -0.15) is 0 Å². The van der Waals surface area contributed by atoms with Gasteiger partial charge in [-0.05, 0) is 13.0 Å². The molecule has 15 heavy (non-hydrogen) atoms. The van der Waals surface area contributed by atoms with Crippen LogP contribution in [0, 0.1) is 0 Å². The lowest BCUT2D eigenvalue weighted by Crippen LogP contribution is -2.03. The average Bonchev–Trinajstić information content (AvgIpc) is 2.22. The number of phenolic OH excluding ortho intramolecular Hbond substituents is 1. The number of carbonyl (C=O) groups excluding carboxylic acids is 1. The molecule has 0 aliphatic rings. The molecule has 1 aromatic carbocycles. The van der Waals surface area contributed by atoms with E-state index in [-0.39, 0.29) is 18.0 Å². The molecule has 0 heterocycles. The van der Waals surface area contributed by atoms with E-state index in [4.69, 9.17) is 4.74 Å². The number of ketones is 1. The Bertz CT molecular complexity index is 350. The number of Topliss-reactive ketones (excluding diaryl/α,β-unsaturated/α-hetero) is 1. The third-order valence-corrected chi connectivity index (χ3v) is 2.53. The third kappa shape index (κ3) is 3.55. The number of rotatable bonds is 5. The molecular formula is C11H13BrO3. The first kappa shape index (κ1) is 12.0. The summed E-state index contributed by atoms with van der Waals surface area (Å²) in [5, 5.41) is 9.92. The van der Waals surface area contributed by atoms with Crippen molar-refractivity contribution in [3.8, 4) is 11.5 Å². The highest BCUT2D eigenvalue weighted by Gasteiger charge is 2.07. The molecule has 0 unspecified atom stereocenters. The molecular weight excluding hydrogens is 260 g/mol. The molecule has 0 bridgehead atoms. The molecule has 0 amide bonds. The van der Waals surface area contributed by atoms with Gasteiger partial charge >= 0.3 is 0 Å². The van der Waals surface area contributed by atoms with E-state index in [1.165, 1.54) is 6.07 Å². The predicted octanol–water partition coefficient (Wildman–Crippen LogP) is 2.30. The minimum absolute atomic E-state index is 0.0365. The number of aromatic hydroxyl groups is 1. The zero-order valence-electron chi connectivity index (χ0n) is 8.50. The van der Waals surface area contributed by atoms with Gasteiger partial charge in [0.25, 0.3) is 0 Å². The van der Waals surface area contributed by atoms with Gasteiger partial charge in [0.05, 0.1) is 11.9 Å². The molecule has 0 fully saturated rings. The Hall–Kier alpha value is -1.03. The van der Waals surface area contributed by atoms with Crippen LogP contribution in [0.2, 0.25) is 0 Å². The van der Waals surface area contributed by atoms with Gasteiger partial charge in [-0.1, -0.05) is 22.0 Å². The van der Waals surface area contributed by atoms with Crippen molar-refractivity contribution in [3.05, 3.63) is 23.8 Å². The maximum atomic E-state index is 11.2. The van der Waals surface area contributed by atoms with Crippen LogP contribution in [0.3, 0.4) is 0 Å². The van der Waals surface area contributed by atoms with Gasteiger partial charge in [-0.25, -0.2) is 0 Å². The molecule has 0 radical (unpaired) electrons. The number of phenols is 1. The number of benzene rings is 1. The van der Waals surface area contributed by atoms with Gasteiger partial charge in [-0.15, -0.1) is 0 Å². The zero-order valence-corrected chi connectivity index (χ0v) is 10.1. The van der Waals surface area contributed by atoms with Crippen LogP contribution in [0.15, 0.2) is 18.2 Å². The summed E-state index contributed by atoms with van der Waals surface area (Å²) in [6, 6.07) is 4.99. The Labute approximate surface area is 97.2 Å². The Kier molecular flexibility index (Phi) is 4.62. The molecule has 0 aliphatic carbocycles. The van der Waals surface area contributed by atoms with Crippen molar-refractivity contribution < 1.29 is 14.6 Å². The lowest BCUT2D eigenvalue weighted by atomic mass is 10.1. The fourth-order valence-electron chi connectivity index (χ4n) is 1.21. The SMILES string of the molecule is CCOc1ccc(CC(=O)CBr)c(O)c1. The largest absolute Gasteiger partial charge is 0.508 e. The fraction of sp³-hybridized carbons (Fsp3) is 0.364. The number of halogens is 1. The van der Waals surface area contributed by atoms with Crippen molar-refractivity contribution in [2.75, 3.05) is 11.9 Å². The Morgan fingerprint density at radius 2 is 2.27 bits per heavy atom. The van der Waals surface area contributed by atoms with Crippen LogP contribution in [-0.4, -0.2) is 22.8 Å². The molecule has 82 valence electrons. The summed E-state index contributed by atoms with van der Waals surface area (Å²) >= 11 is 3.08. The minimum Gasteiger partial charge on any atom is -0.508 e. The minimum atomic E-state index is 0.0365. The summed E-state index contributed by atoms with van der Waals surface area (Å²) in [5.41, 5.74) is 0.628. The van der Waals surface area contributed by atoms with Crippen LogP contribution >= 0.6 is 15.9 Å². The van der Waals surface area contributed by atoms with Crippen LogP contribution in [0.25, 0.3) is 0 Å². The summed E-state index contributed by atoms with van der Waals surface area (Å²) in [6.45, 7) is 2.43. The fourth-order valence-corrected chi connectivity index (χ4v) is 1.41. The number of hydrogen-bond donors (Lipinski definition) is 1. The standard InChI is InChI=1S/C11H13BrO3/c1-2-15-10-4-3-8(11(14)6-10)5-9(13)7-12/h3-4,6,14H,2,5,7H2,1H3. The lowest BCUT2D eigenvalue weighted by molar-refractivity contribution is -0.115. The van der Waals surface area contributed by atoms with Crippen LogP contribution in [0.4, 0.5) is 0 Å². The van der Waals surface area contributed by atoms with Gasteiger partial charge < -0.3 is 9.84 Å². The molecule has 0 saturated heterocycles. The quantitative estimate of drug-likeness (QED) is 0.837. The lowest BCUT2D eigenvalue weighted by Gasteiger charge is -2.06. The van der Waals surface area contributed by atoms with E-state index in [0.29, 0.717) is 23.2 Å². The van der Waals surface area contributed by atoms with Gasteiger partial charge in [0.1, 0.15) is 17.3 Å². The highest BCUT2D eigenvalue weighted by atomic mass is 79.9. The first-order valence-electron chi connectivity index (χ1n) is 4.69. The summed E-state index contributed by atoms with van der Waals surface area (Å²) in [4.78, 5) is 11.2. The maximum Gasteiger partial charge on any atom is 0.147 e. The Morgan fingerprint density at radius 1 is 1.53 bits per heavy atom. The third-order valence-electron chi connectivity index (χ3n) is 1.90. The smallest absolute Gasteiger partial charge is 0.147 e. The number of alkyl halides is 1. The second-order valence-corrected chi connectivity index (χ2v) is 3.63. The van der Waals surface area contributed by atoms with Crippen molar-refractivity contribution in [1.29, 1.82) is 0 Å². The molecule has 3 nitrogen and oxygen atoms in total. The van der Waals surface area contributed by atoms with Gasteiger partial charge in [0.15, 0.2) is 0 Å². The second kappa shape index (κ2) is 5.75. The van der Waals surface area contributed by atoms with Crippen molar-refractivity contribution in [2.45, 2.75) is 13.3 Å². The molecule has 1 rings (SSSR count). The molecule has 0 aliphatic heterocycles. The van der Waals surface area contributed by atoms with E-state index >= 15 is 0 Å². The highest BCUT2D eigenvalue weighted by molar-refractivity contribution is 9.09. The Morgan fingerprint density at radius 3 is 2.80 bits per heavy atom. The monoisotopic (exact) mass is 272 g/mol. The average molecular weight is 273 g/mol. The number of ether oxygens (including phenoxy) is 1. The van der Waals surface area contributed by atoms with Gasteiger partial charge in [0.2, 0.25) is 0 Å². The van der Waals surface area contributed by atoms with E-state index in [9.17, 15) is 9.90 Å². The van der Waals surface area contributed by atoms with E-state index < -0.39 is 0 Å². The summed E-state index contributed by atoms with van der Waals surface area (Å²) in [6.07, 6.45) is 0.240. The molecule has 0 spiro atoms. The maximum absolute atomic E-state index is 11.2. The molecule has 4 heteroatoms. The van der Waals surface area contributed by atoms with Crippen LogP contribution in [-0.2, 0) is 11.2 Å².